The summed E-state index contributed by atoms with van der Waals surface area (Å²) in [5, 5.41) is 10.1. The number of aryl methyl sites for hydroxylation is 1. The number of esters is 1. The lowest BCUT2D eigenvalue weighted by molar-refractivity contribution is 0.0469. The largest absolute Gasteiger partial charge is 0.507 e. The standard InChI is InChI=1S/C21H19NO5S/c1-15-7-10-18(11-8-15)28(25,26)22-17-9-12-19(20(23)13-17)21(24)27-14-16-5-3-2-4-6-16/h2-13,22-23H,14H2,1H3. The molecular formula is C21H19NO5S. The van der Waals surface area contributed by atoms with Gasteiger partial charge >= 0.3 is 5.97 Å². The maximum atomic E-state index is 12.4. The molecule has 7 heteroatoms. The van der Waals surface area contributed by atoms with Crippen molar-refractivity contribution in [3.8, 4) is 5.75 Å². The first-order chi connectivity index (χ1) is 13.3. The van der Waals surface area contributed by atoms with Crippen molar-refractivity contribution in [1.29, 1.82) is 0 Å². The lowest BCUT2D eigenvalue weighted by atomic mass is 10.2. The van der Waals surface area contributed by atoms with E-state index in [1.165, 1.54) is 30.3 Å². The number of benzene rings is 3. The Morgan fingerprint density at radius 1 is 1.00 bits per heavy atom. The Balaban J connectivity index is 1.71. The Labute approximate surface area is 163 Å². The van der Waals surface area contributed by atoms with E-state index in [9.17, 15) is 18.3 Å². The minimum absolute atomic E-state index is 0.0470. The summed E-state index contributed by atoms with van der Waals surface area (Å²) in [6.07, 6.45) is 0. The number of hydrogen-bond acceptors (Lipinski definition) is 5. The maximum absolute atomic E-state index is 12.4. The van der Waals surface area contributed by atoms with Crippen LogP contribution < -0.4 is 4.72 Å². The van der Waals surface area contributed by atoms with Gasteiger partial charge in [-0.3, -0.25) is 4.72 Å². The monoisotopic (exact) mass is 397 g/mol. The highest BCUT2D eigenvalue weighted by atomic mass is 32.2. The molecule has 0 saturated carbocycles. The predicted molar refractivity (Wildman–Crippen MR) is 106 cm³/mol. The van der Waals surface area contributed by atoms with Gasteiger partial charge in [-0.05, 0) is 36.8 Å². The number of rotatable bonds is 6. The van der Waals surface area contributed by atoms with Gasteiger partial charge in [0.05, 0.1) is 10.6 Å². The zero-order chi connectivity index (χ0) is 20.1. The van der Waals surface area contributed by atoms with E-state index < -0.39 is 16.0 Å². The molecule has 0 atom stereocenters. The molecule has 144 valence electrons. The van der Waals surface area contributed by atoms with Crippen molar-refractivity contribution in [2.45, 2.75) is 18.4 Å². The summed E-state index contributed by atoms with van der Waals surface area (Å²) in [6, 6.07) is 19.4. The first-order valence-electron chi connectivity index (χ1n) is 8.49. The number of anilines is 1. The third-order valence-electron chi connectivity index (χ3n) is 4.01. The van der Waals surface area contributed by atoms with Gasteiger partial charge < -0.3 is 9.84 Å². The Hall–Kier alpha value is -3.32. The molecule has 2 N–H and O–H groups in total. The van der Waals surface area contributed by atoms with Crippen LogP contribution in [0.4, 0.5) is 5.69 Å². The molecule has 0 aromatic heterocycles. The molecule has 0 radical (unpaired) electrons. The summed E-state index contributed by atoms with van der Waals surface area (Å²) < 4.78 is 32.4. The fraction of sp³-hybridized carbons (Fsp3) is 0.0952. The lowest BCUT2D eigenvalue weighted by Gasteiger charge is -2.11. The van der Waals surface area contributed by atoms with Gasteiger partial charge in [-0.15, -0.1) is 0 Å². The maximum Gasteiger partial charge on any atom is 0.342 e. The van der Waals surface area contributed by atoms with Gasteiger partial charge in [0, 0.05) is 6.07 Å². The molecule has 0 aliphatic heterocycles. The highest BCUT2D eigenvalue weighted by Crippen LogP contribution is 2.25. The van der Waals surface area contributed by atoms with Crippen LogP contribution in [-0.4, -0.2) is 19.5 Å². The number of hydrogen-bond donors (Lipinski definition) is 2. The first kappa shape index (κ1) is 19.4. The molecule has 0 unspecified atom stereocenters. The van der Waals surface area contributed by atoms with Crippen LogP contribution >= 0.6 is 0 Å². The van der Waals surface area contributed by atoms with Crippen LogP contribution in [0, 0.1) is 6.92 Å². The SMILES string of the molecule is Cc1ccc(S(=O)(=O)Nc2ccc(C(=O)OCc3ccccc3)c(O)c2)cc1. The molecule has 0 aliphatic rings. The summed E-state index contributed by atoms with van der Waals surface area (Å²) in [6.45, 7) is 1.93. The van der Waals surface area contributed by atoms with Crippen LogP contribution in [-0.2, 0) is 21.4 Å². The van der Waals surface area contributed by atoms with Gasteiger partial charge in [-0.2, -0.15) is 0 Å². The number of phenols is 1. The molecular weight excluding hydrogens is 378 g/mol. The van der Waals surface area contributed by atoms with E-state index in [2.05, 4.69) is 4.72 Å². The first-order valence-corrected chi connectivity index (χ1v) is 9.97. The van der Waals surface area contributed by atoms with Crippen LogP contribution in [0.15, 0.2) is 77.7 Å². The van der Waals surface area contributed by atoms with Crippen molar-refractivity contribution in [2.24, 2.45) is 0 Å². The molecule has 0 aliphatic carbocycles. The van der Waals surface area contributed by atoms with Crippen LogP contribution in [0.5, 0.6) is 5.75 Å². The normalized spacial score (nSPS) is 11.0. The van der Waals surface area contributed by atoms with E-state index in [0.717, 1.165) is 11.1 Å². The molecule has 0 saturated heterocycles. The van der Waals surface area contributed by atoms with Gasteiger partial charge in [0.15, 0.2) is 0 Å². The van der Waals surface area contributed by atoms with Gasteiger partial charge in [-0.1, -0.05) is 48.0 Å². The topological polar surface area (TPSA) is 92.7 Å². The molecule has 3 aromatic carbocycles. The Kier molecular flexibility index (Phi) is 5.65. The molecule has 6 nitrogen and oxygen atoms in total. The summed E-state index contributed by atoms with van der Waals surface area (Å²) in [5.74, 6) is -1.07. The Bertz CT molecular complexity index is 1080. The van der Waals surface area contributed by atoms with E-state index >= 15 is 0 Å². The van der Waals surface area contributed by atoms with Crippen LogP contribution in [0.25, 0.3) is 0 Å². The molecule has 0 heterocycles. The van der Waals surface area contributed by atoms with Crippen LogP contribution in [0.3, 0.4) is 0 Å². The van der Waals surface area contributed by atoms with Crippen LogP contribution in [0.1, 0.15) is 21.5 Å². The van der Waals surface area contributed by atoms with E-state index in [-0.39, 0.29) is 28.5 Å². The second kappa shape index (κ2) is 8.14. The molecule has 0 bridgehead atoms. The van der Waals surface area contributed by atoms with E-state index in [1.54, 1.807) is 12.1 Å². The number of nitrogens with one attached hydrogen (secondary N) is 1. The van der Waals surface area contributed by atoms with Crippen molar-refractivity contribution in [3.05, 3.63) is 89.5 Å². The van der Waals surface area contributed by atoms with Crippen molar-refractivity contribution < 1.29 is 23.1 Å². The van der Waals surface area contributed by atoms with E-state index in [0.29, 0.717) is 0 Å². The predicted octanol–water partition coefficient (Wildman–Crippen LogP) is 3.86. The summed E-state index contributed by atoms with van der Waals surface area (Å²) in [5.41, 5.74) is 1.85. The zero-order valence-corrected chi connectivity index (χ0v) is 15.9. The van der Waals surface area contributed by atoms with Crippen molar-refractivity contribution in [2.75, 3.05) is 4.72 Å². The second-order valence-corrected chi connectivity index (χ2v) is 7.89. The lowest BCUT2D eigenvalue weighted by Crippen LogP contribution is -2.13. The number of carbonyl (C=O) groups excluding carboxylic acids is 1. The van der Waals surface area contributed by atoms with E-state index in [1.807, 2.05) is 37.3 Å². The average Bonchev–Trinajstić information content (AvgIpc) is 2.67. The Morgan fingerprint density at radius 3 is 2.32 bits per heavy atom. The minimum Gasteiger partial charge on any atom is -0.507 e. The van der Waals surface area contributed by atoms with E-state index in [4.69, 9.17) is 4.74 Å². The second-order valence-electron chi connectivity index (χ2n) is 6.21. The molecule has 0 fully saturated rings. The minimum atomic E-state index is -3.80. The summed E-state index contributed by atoms with van der Waals surface area (Å²) >= 11 is 0. The van der Waals surface area contributed by atoms with Gasteiger partial charge in [0.1, 0.15) is 17.9 Å². The van der Waals surface area contributed by atoms with Crippen molar-refractivity contribution >= 4 is 21.7 Å². The van der Waals surface area contributed by atoms with Crippen molar-refractivity contribution in [3.63, 3.8) is 0 Å². The fourth-order valence-electron chi connectivity index (χ4n) is 2.50. The van der Waals surface area contributed by atoms with Gasteiger partial charge in [0.2, 0.25) is 0 Å². The van der Waals surface area contributed by atoms with Crippen LogP contribution in [0.2, 0.25) is 0 Å². The highest BCUT2D eigenvalue weighted by Gasteiger charge is 2.17. The van der Waals surface area contributed by atoms with Gasteiger partial charge in [-0.25, -0.2) is 13.2 Å². The summed E-state index contributed by atoms with van der Waals surface area (Å²) in [4.78, 5) is 12.3. The number of sulfonamides is 1. The third kappa shape index (κ3) is 4.69. The smallest absolute Gasteiger partial charge is 0.342 e. The molecule has 3 aromatic rings. The molecule has 0 amide bonds. The number of carbonyl (C=O) groups is 1. The van der Waals surface area contributed by atoms with Crippen molar-refractivity contribution in [1.82, 2.24) is 0 Å². The van der Waals surface area contributed by atoms with Gasteiger partial charge in [0.25, 0.3) is 10.0 Å². The number of ether oxygens (including phenoxy) is 1. The highest BCUT2D eigenvalue weighted by molar-refractivity contribution is 7.92. The summed E-state index contributed by atoms with van der Waals surface area (Å²) in [7, 11) is -3.80. The number of aromatic hydroxyl groups is 1. The molecule has 28 heavy (non-hydrogen) atoms. The quantitative estimate of drug-likeness (QED) is 0.616. The third-order valence-corrected chi connectivity index (χ3v) is 5.41. The Morgan fingerprint density at radius 2 is 1.68 bits per heavy atom. The zero-order valence-electron chi connectivity index (χ0n) is 15.1. The molecule has 0 spiro atoms. The average molecular weight is 397 g/mol. The molecule has 3 rings (SSSR count). The number of phenolic OH excluding ortho intramolecular Hbond substituents is 1. The fourth-order valence-corrected chi connectivity index (χ4v) is 3.55.